The van der Waals surface area contributed by atoms with Crippen molar-refractivity contribution < 1.29 is 17.9 Å². The summed E-state index contributed by atoms with van der Waals surface area (Å²) < 4.78 is 33.9. The molecule has 0 unspecified atom stereocenters. The summed E-state index contributed by atoms with van der Waals surface area (Å²) in [4.78, 5) is 14.8. The number of nitrogens with one attached hydrogen (secondary N) is 1. The maximum atomic E-state index is 13.1. The molecular weight excluding hydrogens is 424 g/mol. The van der Waals surface area contributed by atoms with E-state index < -0.39 is 15.4 Å². The van der Waals surface area contributed by atoms with Gasteiger partial charge in [-0.25, -0.2) is 8.42 Å². The zero-order valence-corrected chi connectivity index (χ0v) is 19.2. The van der Waals surface area contributed by atoms with E-state index in [1.54, 1.807) is 47.4 Å². The van der Waals surface area contributed by atoms with Gasteiger partial charge in [-0.3, -0.25) is 9.52 Å². The molecule has 1 heterocycles. The van der Waals surface area contributed by atoms with Crippen LogP contribution in [0.3, 0.4) is 0 Å². The summed E-state index contributed by atoms with van der Waals surface area (Å²) in [7, 11) is -3.70. The zero-order chi connectivity index (χ0) is 22.1. The predicted octanol–water partition coefficient (Wildman–Crippen LogP) is 4.69. The Morgan fingerprint density at radius 1 is 1.20 bits per heavy atom. The van der Waals surface area contributed by atoms with E-state index in [2.05, 4.69) is 4.72 Å². The molecule has 6 nitrogen and oxygen atoms in total. The number of amides is 1. The molecule has 3 rings (SSSR count). The highest BCUT2D eigenvalue weighted by atomic mass is 35.5. The molecule has 0 fully saturated rings. The van der Waals surface area contributed by atoms with E-state index in [1.807, 2.05) is 27.7 Å². The minimum atomic E-state index is -3.70. The number of hydrogen-bond donors (Lipinski definition) is 1. The van der Waals surface area contributed by atoms with Crippen molar-refractivity contribution in [3.05, 3.63) is 53.1 Å². The average Bonchev–Trinajstić information content (AvgIpc) is 2.73. The first kappa shape index (κ1) is 22.4. The van der Waals surface area contributed by atoms with Crippen LogP contribution in [0.2, 0.25) is 5.02 Å². The van der Waals surface area contributed by atoms with Gasteiger partial charge in [-0.15, -0.1) is 0 Å². The standard InChI is InChI=1S/C22H27ClN2O4S/c1-15(2)12-25-19-11-17(9-10-20(19)29-14-22(3,4)21(25)26)24-30(27,28)13-16-7-5-6-8-18(16)23/h5-11,15,24H,12-14H2,1-4H3. The average molecular weight is 451 g/mol. The monoisotopic (exact) mass is 450 g/mol. The van der Waals surface area contributed by atoms with E-state index in [-0.39, 0.29) is 24.2 Å². The number of benzene rings is 2. The molecule has 1 aliphatic heterocycles. The molecule has 30 heavy (non-hydrogen) atoms. The van der Waals surface area contributed by atoms with Gasteiger partial charge in [0.1, 0.15) is 12.4 Å². The van der Waals surface area contributed by atoms with Crippen LogP contribution < -0.4 is 14.4 Å². The Balaban J connectivity index is 1.92. The quantitative estimate of drug-likeness (QED) is 0.692. The molecule has 8 heteroatoms. The zero-order valence-electron chi connectivity index (χ0n) is 17.6. The van der Waals surface area contributed by atoms with Crippen molar-refractivity contribution in [3.8, 4) is 5.75 Å². The number of ether oxygens (including phenoxy) is 1. The van der Waals surface area contributed by atoms with Crippen molar-refractivity contribution in [1.29, 1.82) is 0 Å². The molecule has 2 aromatic carbocycles. The second kappa shape index (κ2) is 8.47. The van der Waals surface area contributed by atoms with Crippen molar-refractivity contribution in [1.82, 2.24) is 0 Å². The number of carbonyl (C=O) groups excluding carboxylic acids is 1. The molecule has 0 saturated heterocycles. The largest absolute Gasteiger partial charge is 0.490 e. The fraction of sp³-hybridized carbons (Fsp3) is 0.409. The van der Waals surface area contributed by atoms with E-state index in [9.17, 15) is 13.2 Å². The summed E-state index contributed by atoms with van der Waals surface area (Å²) >= 11 is 6.10. The predicted molar refractivity (Wildman–Crippen MR) is 121 cm³/mol. The van der Waals surface area contributed by atoms with Crippen LogP contribution in [0.4, 0.5) is 11.4 Å². The topological polar surface area (TPSA) is 75.7 Å². The normalized spacial score (nSPS) is 16.1. The van der Waals surface area contributed by atoms with E-state index >= 15 is 0 Å². The number of halogens is 1. The summed E-state index contributed by atoms with van der Waals surface area (Å²) in [5.41, 5.74) is 0.767. The first-order valence-electron chi connectivity index (χ1n) is 9.81. The summed E-state index contributed by atoms with van der Waals surface area (Å²) in [6.45, 7) is 8.52. The molecule has 1 aliphatic rings. The Hall–Kier alpha value is -2.25. The Bertz CT molecular complexity index is 1050. The minimum absolute atomic E-state index is 0.0500. The van der Waals surface area contributed by atoms with E-state index in [1.165, 1.54) is 0 Å². The lowest BCUT2D eigenvalue weighted by atomic mass is 9.92. The maximum Gasteiger partial charge on any atom is 0.236 e. The first-order valence-corrected chi connectivity index (χ1v) is 11.8. The van der Waals surface area contributed by atoms with Gasteiger partial charge in [0.2, 0.25) is 15.9 Å². The minimum Gasteiger partial charge on any atom is -0.490 e. The van der Waals surface area contributed by atoms with E-state index in [0.717, 1.165) is 0 Å². The molecule has 0 saturated carbocycles. The molecule has 0 radical (unpaired) electrons. The van der Waals surface area contributed by atoms with Gasteiger partial charge < -0.3 is 9.64 Å². The van der Waals surface area contributed by atoms with E-state index in [4.69, 9.17) is 16.3 Å². The molecule has 162 valence electrons. The second-order valence-electron chi connectivity index (χ2n) is 8.62. The Labute approximate surface area is 183 Å². The fourth-order valence-corrected chi connectivity index (χ4v) is 4.79. The van der Waals surface area contributed by atoms with Crippen LogP contribution in [0.5, 0.6) is 5.75 Å². The molecule has 2 aromatic rings. The van der Waals surface area contributed by atoms with Crippen LogP contribution in [-0.2, 0) is 20.6 Å². The van der Waals surface area contributed by atoms with Crippen LogP contribution in [-0.4, -0.2) is 27.5 Å². The van der Waals surface area contributed by atoms with Gasteiger partial charge in [-0.05, 0) is 49.6 Å². The summed E-state index contributed by atoms with van der Waals surface area (Å²) in [6.07, 6.45) is 0. The Kier molecular flexibility index (Phi) is 6.34. The smallest absolute Gasteiger partial charge is 0.236 e. The third-order valence-corrected chi connectivity index (χ3v) is 6.39. The molecule has 0 bridgehead atoms. The molecule has 0 spiro atoms. The number of nitrogens with zero attached hydrogens (tertiary/aromatic N) is 1. The number of carbonyl (C=O) groups is 1. The van der Waals surface area contributed by atoms with Crippen molar-refractivity contribution >= 4 is 38.9 Å². The van der Waals surface area contributed by atoms with Gasteiger partial charge in [-0.1, -0.05) is 43.6 Å². The van der Waals surface area contributed by atoms with Crippen molar-refractivity contribution in [2.24, 2.45) is 11.3 Å². The fourth-order valence-electron chi connectivity index (χ4n) is 3.29. The number of fused-ring (bicyclic) bond motifs is 1. The maximum absolute atomic E-state index is 13.1. The number of anilines is 2. The van der Waals surface area contributed by atoms with Gasteiger partial charge >= 0.3 is 0 Å². The van der Waals surface area contributed by atoms with Crippen molar-refractivity contribution in [3.63, 3.8) is 0 Å². The van der Waals surface area contributed by atoms with Crippen LogP contribution in [0, 0.1) is 11.3 Å². The van der Waals surface area contributed by atoms with Gasteiger partial charge in [0.05, 0.1) is 22.5 Å². The van der Waals surface area contributed by atoms with Gasteiger partial charge in [0, 0.05) is 11.6 Å². The van der Waals surface area contributed by atoms with Crippen molar-refractivity contribution in [2.45, 2.75) is 33.4 Å². The van der Waals surface area contributed by atoms with E-state index in [0.29, 0.717) is 34.3 Å². The van der Waals surface area contributed by atoms with Gasteiger partial charge in [0.25, 0.3) is 0 Å². The van der Waals surface area contributed by atoms with Crippen LogP contribution in [0.25, 0.3) is 0 Å². The van der Waals surface area contributed by atoms with Crippen molar-refractivity contribution in [2.75, 3.05) is 22.8 Å². The Morgan fingerprint density at radius 2 is 1.90 bits per heavy atom. The summed E-state index contributed by atoms with van der Waals surface area (Å²) in [5.74, 6) is 0.494. The highest BCUT2D eigenvalue weighted by Crippen LogP contribution is 2.39. The number of sulfonamides is 1. The molecule has 0 atom stereocenters. The van der Waals surface area contributed by atoms with Gasteiger partial charge in [0.15, 0.2) is 0 Å². The lowest BCUT2D eigenvalue weighted by Crippen LogP contribution is -2.43. The summed E-state index contributed by atoms with van der Waals surface area (Å²) in [5, 5.41) is 0.397. The highest BCUT2D eigenvalue weighted by molar-refractivity contribution is 7.91. The highest BCUT2D eigenvalue weighted by Gasteiger charge is 2.38. The molecule has 0 aliphatic carbocycles. The molecule has 1 amide bonds. The third kappa shape index (κ3) is 5.08. The number of hydrogen-bond acceptors (Lipinski definition) is 4. The SMILES string of the molecule is CC(C)CN1C(=O)C(C)(C)COc2ccc(NS(=O)(=O)Cc3ccccc3Cl)cc21. The molecule has 1 N–H and O–H groups in total. The second-order valence-corrected chi connectivity index (χ2v) is 10.7. The third-order valence-electron chi connectivity index (χ3n) is 4.79. The lowest BCUT2D eigenvalue weighted by molar-refractivity contribution is -0.127. The van der Waals surface area contributed by atoms with Crippen LogP contribution in [0.1, 0.15) is 33.3 Å². The molecule has 0 aromatic heterocycles. The van der Waals surface area contributed by atoms with Crippen LogP contribution in [0.15, 0.2) is 42.5 Å². The Morgan fingerprint density at radius 3 is 2.57 bits per heavy atom. The van der Waals surface area contributed by atoms with Crippen LogP contribution >= 0.6 is 11.6 Å². The first-order chi connectivity index (χ1) is 14.0. The summed E-state index contributed by atoms with van der Waals surface area (Å²) in [6, 6.07) is 11.8. The lowest BCUT2D eigenvalue weighted by Gasteiger charge is -2.29. The molecular formula is C22H27ClN2O4S. The number of rotatable bonds is 6. The van der Waals surface area contributed by atoms with Gasteiger partial charge in [-0.2, -0.15) is 0 Å².